The summed E-state index contributed by atoms with van der Waals surface area (Å²) < 4.78 is 32.6. The van der Waals surface area contributed by atoms with Crippen LogP contribution in [0.5, 0.6) is 5.75 Å². The third-order valence-electron chi connectivity index (χ3n) is 6.20. The summed E-state index contributed by atoms with van der Waals surface area (Å²) >= 11 is 0. The molecule has 2 N–H and O–H groups in total. The van der Waals surface area contributed by atoms with Gasteiger partial charge in [0.2, 0.25) is 5.91 Å². The van der Waals surface area contributed by atoms with E-state index in [2.05, 4.69) is 27.7 Å². The highest BCUT2D eigenvalue weighted by molar-refractivity contribution is 5.88. The molecule has 0 spiro atoms. The number of carbonyl (C=O) groups is 1. The number of nitrogens with zero attached hydrogens (tertiary/aromatic N) is 1. The number of benzene rings is 2. The van der Waals surface area contributed by atoms with Crippen LogP contribution in [0.1, 0.15) is 16.7 Å². The van der Waals surface area contributed by atoms with Crippen LogP contribution >= 0.6 is 0 Å². The number of fused-ring (bicyclic) bond motifs is 1. The molecule has 2 aromatic rings. The van der Waals surface area contributed by atoms with Gasteiger partial charge in [-0.15, -0.1) is 0 Å². The second-order valence-electron chi connectivity index (χ2n) is 7.98. The molecular formula is C23H27F2N3O2. The molecule has 160 valence electrons. The number of carbonyl (C=O) groups excluding carboxylic acids is 1. The smallest absolute Gasteiger partial charge is 0.241 e. The lowest BCUT2D eigenvalue weighted by molar-refractivity contribution is -0.133. The standard InChI is InChI=1S/C23H27F2N3O2/c1-30-21-16(12-19(24)13-20(21)25)6-7-27-22(29)23(28-10-8-26-9-11-28)14-17-4-2-3-5-18(17)15-23/h2-5,12-13,26H,6-11,14-15H2,1H3,(H,27,29). The molecule has 1 amide bonds. The third kappa shape index (κ3) is 3.91. The van der Waals surface area contributed by atoms with Crippen molar-refractivity contribution in [2.75, 3.05) is 39.8 Å². The van der Waals surface area contributed by atoms with Crippen LogP contribution < -0.4 is 15.4 Å². The maximum absolute atomic E-state index is 13.9. The first-order valence-electron chi connectivity index (χ1n) is 10.4. The first-order chi connectivity index (χ1) is 14.5. The van der Waals surface area contributed by atoms with Gasteiger partial charge in [0.25, 0.3) is 0 Å². The van der Waals surface area contributed by atoms with E-state index in [1.54, 1.807) is 0 Å². The van der Waals surface area contributed by atoms with E-state index in [-0.39, 0.29) is 24.6 Å². The van der Waals surface area contributed by atoms with Crippen molar-refractivity contribution in [1.29, 1.82) is 0 Å². The van der Waals surface area contributed by atoms with Crippen molar-refractivity contribution in [3.8, 4) is 5.75 Å². The second-order valence-corrected chi connectivity index (χ2v) is 7.98. The van der Waals surface area contributed by atoms with E-state index in [1.165, 1.54) is 24.3 Å². The quantitative estimate of drug-likeness (QED) is 0.759. The molecule has 4 rings (SSSR count). The lowest BCUT2D eigenvalue weighted by Crippen LogP contribution is -2.64. The SMILES string of the molecule is COc1c(F)cc(F)cc1CCNC(=O)C1(N2CCNCC2)Cc2ccccc2C1. The molecule has 0 unspecified atom stereocenters. The van der Waals surface area contributed by atoms with Crippen LogP contribution in [0.15, 0.2) is 36.4 Å². The third-order valence-corrected chi connectivity index (χ3v) is 6.20. The number of halogens is 2. The molecule has 1 aliphatic carbocycles. The van der Waals surface area contributed by atoms with Crippen molar-refractivity contribution in [3.05, 3.63) is 64.7 Å². The summed E-state index contributed by atoms with van der Waals surface area (Å²) in [5.74, 6) is -1.40. The van der Waals surface area contributed by atoms with Gasteiger partial charge in [0.05, 0.1) is 7.11 Å². The fourth-order valence-electron chi connectivity index (χ4n) is 4.72. The zero-order chi connectivity index (χ0) is 21.1. The van der Waals surface area contributed by atoms with E-state index in [4.69, 9.17) is 4.74 Å². The Hall–Kier alpha value is -2.51. The normalized spacial score (nSPS) is 18.1. The van der Waals surface area contributed by atoms with E-state index in [0.29, 0.717) is 18.4 Å². The number of rotatable bonds is 6. The molecule has 0 aromatic heterocycles. The van der Waals surface area contributed by atoms with Gasteiger partial charge in [0, 0.05) is 57.2 Å². The van der Waals surface area contributed by atoms with Gasteiger partial charge in [0.1, 0.15) is 11.4 Å². The summed E-state index contributed by atoms with van der Waals surface area (Å²) in [5, 5.41) is 6.38. The number of methoxy groups -OCH3 is 1. The van der Waals surface area contributed by atoms with E-state index < -0.39 is 17.2 Å². The molecule has 1 saturated heterocycles. The number of hydrogen-bond donors (Lipinski definition) is 2. The van der Waals surface area contributed by atoms with Crippen LogP contribution in [0, 0.1) is 11.6 Å². The fourth-order valence-corrected chi connectivity index (χ4v) is 4.72. The maximum atomic E-state index is 13.9. The monoisotopic (exact) mass is 415 g/mol. The first-order valence-corrected chi connectivity index (χ1v) is 10.4. The molecule has 0 saturated carbocycles. The zero-order valence-electron chi connectivity index (χ0n) is 17.1. The van der Waals surface area contributed by atoms with Crippen molar-refractivity contribution >= 4 is 5.91 Å². The predicted octanol–water partition coefficient (Wildman–Crippen LogP) is 2.07. The number of hydrogen-bond acceptors (Lipinski definition) is 4. The average molecular weight is 415 g/mol. The summed E-state index contributed by atoms with van der Waals surface area (Å²) in [7, 11) is 1.35. The topological polar surface area (TPSA) is 53.6 Å². The first kappa shape index (κ1) is 20.8. The van der Waals surface area contributed by atoms with Gasteiger partial charge in [-0.2, -0.15) is 0 Å². The van der Waals surface area contributed by atoms with Gasteiger partial charge in [-0.25, -0.2) is 8.78 Å². The Morgan fingerprint density at radius 3 is 2.47 bits per heavy atom. The van der Waals surface area contributed by atoms with Crippen molar-refractivity contribution in [2.24, 2.45) is 0 Å². The van der Waals surface area contributed by atoms with Gasteiger partial charge >= 0.3 is 0 Å². The molecule has 30 heavy (non-hydrogen) atoms. The minimum absolute atomic E-state index is 0.0238. The Kier molecular flexibility index (Phi) is 6.01. The van der Waals surface area contributed by atoms with Crippen molar-refractivity contribution in [1.82, 2.24) is 15.5 Å². The average Bonchev–Trinajstić information content (AvgIpc) is 3.15. The highest BCUT2D eigenvalue weighted by atomic mass is 19.1. The van der Waals surface area contributed by atoms with Crippen LogP contribution in [0.25, 0.3) is 0 Å². The Bertz CT molecular complexity index is 904. The molecule has 0 atom stereocenters. The molecule has 1 aliphatic heterocycles. The molecule has 5 nitrogen and oxygen atoms in total. The van der Waals surface area contributed by atoms with Crippen molar-refractivity contribution in [3.63, 3.8) is 0 Å². The van der Waals surface area contributed by atoms with Crippen LogP contribution in [0.3, 0.4) is 0 Å². The van der Waals surface area contributed by atoms with E-state index >= 15 is 0 Å². The number of amides is 1. The van der Waals surface area contributed by atoms with Crippen LogP contribution in [0.2, 0.25) is 0 Å². The Morgan fingerprint density at radius 2 is 1.83 bits per heavy atom. The molecule has 2 aliphatic rings. The van der Waals surface area contributed by atoms with E-state index in [9.17, 15) is 13.6 Å². The Morgan fingerprint density at radius 1 is 1.17 bits per heavy atom. The summed E-state index contributed by atoms with van der Waals surface area (Å²) in [5.41, 5.74) is 2.20. The predicted molar refractivity (Wildman–Crippen MR) is 111 cm³/mol. The van der Waals surface area contributed by atoms with Gasteiger partial charge < -0.3 is 15.4 Å². The highest BCUT2D eigenvalue weighted by Gasteiger charge is 2.48. The molecule has 1 fully saturated rings. The van der Waals surface area contributed by atoms with E-state index in [0.717, 1.165) is 32.2 Å². The maximum Gasteiger partial charge on any atom is 0.241 e. The summed E-state index contributed by atoms with van der Waals surface area (Å²) in [6, 6.07) is 10.3. The van der Waals surface area contributed by atoms with Gasteiger partial charge in [-0.3, -0.25) is 9.69 Å². The molecule has 1 heterocycles. The second kappa shape index (κ2) is 8.70. The summed E-state index contributed by atoms with van der Waals surface area (Å²) in [6.45, 7) is 3.60. The summed E-state index contributed by atoms with van der Waals surface area (Å²) in [6.07, 6.45) is 1.63. The van der Waals surface area contributed by atoms with Crippen LogP contribution in [0.4, 0.5) is 8.78 Å². The van der Waals surface area contributed by atoms with Crippen LogP contribution in [-0.2, 0) is 24.1 Å². The zero-order valence-corrected chi connectivity index (χ0v) is 17.1. The Balaban J connectivity index is 1.50. The lowest BCUT2D eigenvalue weighted by Gasteiger charge is -2.42. The van der Waals surface area contributed by atoms with Crippen LogP contribution in [-0.4, -0.2) is 56.2 Å². The minimum atomic E-state index is -0.734. The van der Waals surface area contributed by atoms with Gasteiger partial charge in [0.15, 0.2) is 11.6 Å². The molecule has 0 bridgehead atoms. The number of nitrogens with one attached hydrogen (secondary N) is 2. The van der Waals surface area contributed by atoms with Gasteiger partial charge in [-0.05, 0) is 23.6 Å². The fraction of sp³-hybridized carbons (Fsp3) is 0.435. The lowest BCUT2D eigenvalue weighted by atomic mass is 9.91. The molecule has 2 aromatic carbocycles. The molecule has 0 radical (unpaired) electrons. The number of ether oxygens (including phenoxy) is 1. The summed E-state index contributed by atoms with van der Waals surface area (Å²) in [4.78, 5) is 15.7. The number of piperazine rings is 1. The highest BCUT2D eigenvalue weighted by Crippen LogP contribution is 2.35. The molecule has 7 heteroatoms. The van der Waals surface area contributed by atoms with Crippen molar-refractivity contribution < 1.29 is 18.3 Å². The van der Waals surface area contributed by atoms with Gasteiger partial charge in [-0.1, -0.05) is 24.3 Å². The van der Waals surface area contributed by atoms with Crippen molar-refractivity contribution in [2.45, 2.75) is 24.8 Å². The largest absolute Gasteiger partial charge is 0.493 e. The molecular weight excluding hydrogens is 388 g/mol. The Labute approximate surface area is 175 Å². The van der Waals surface area contributed by atoms with E-state index in [1.807, 2.05) is 12.1 Å². The minimum Gasteiger partial charge on any atom is -0.493 e.